The third kappa shape index (κ3) is 4.51. The van der Waals surface area contributed by atoms with Crippen LogP contribution in [-0.4, -0.2) is 27.2 Å². The van der Waals surface area contributed by atoms with Crippen LogP contribution in [0.25, 0.3) is 0 Å². The zero-order valence-corrected chi connectivity index (χ0v) is 13.2. The minimum absolute atomic E-state index is 0.0682. The Bertz CT molecular complexity index is 482. The second-order valence-electron chi connectivity index (χ2n) is 5.91. The number of nitrogens with two attached hydrogens (primary N) is 1. The van der Waals surface area contributed by atoms with E-state index in [1.54, 1.807) is 6.07 Å². The largest absolute Gasteiger partial charge is 0.398 e. The van der Waals surface area contributed by atoms with Crippen LogP contribution in [0.2, 0.25) is 0 Å². The van der Waals surface area contributed by atoms with Gasteiger partial charge in [0.1, 0.15) is 6.10 Å². The van der Waals surface area contributed by atoms with Crippen LogP contribution in [0, 0.1) is 0 Å². The molecule has 0 fully saturated rings. The van der Waals surface area contributed by atoms with Crippen LogP contribution in [0.15, 0.2) is 18.2 Å². The summed E-state index contributed by atoms with van der Waals surface area (Å²) in [7, 11) is 0. The van der Waals surface area contributed by atoms with Gasteiger partial charge >= 0.3 is 0 Å². The van der Waals surface area contributed by atoms with Crippen LogP contribution in [-0.2, 0) is 10.2 Å². The summed E-state index contributed by atoms with van der Waals surface area (Å²) in [6.07, 6.45) is -2.12. The van der Waals surface area contributed by atoms with Gasteiger partial charge in [0.2, 0.25) is 0 Å². The van der Waals surface area contributed by atoms with Crippen LogP contribution in [0.1, 0.15) is 44.9 Å². The average Bonchev–Trinajstić information content (AvgIpc) is 2.34. The Hall–Kier alpha value is -1.04. The highest BCUT2D eigenvalue weighted by atomic mass is 32.2. The first-order chi connectivity index (χ1) is 9.12. The highest BCUT2D eigenvalue weighted by Gasteiger charge is 2.23. The van der Waals surface area contributed by atoms with Crippen molar-refractivity contribution >= 4 is 22.6 Å². The predicted molar refractivity (Wildman–Crippen MR) is 83.7 cm³/mol. The summed E-state index contributed by atoms with van der Waals surface area (Å²) in [6, 6.07) is 5.48. The molecular formula is C15H23NO3S. The van der Waals surface area contributed by atoms with Crippen molar-refractivity contribution in [2.75, 3.05) is 11.5 Å². The van der Waals surface area contributed by atoms with Gasteiger partial charge in [-0.3, -0.25) is 4.79 Å². The molecule has 5 heteroatoms. The van der Waals surface area contributed by atoms with Crippen molar-refractivity contribution in [1.29, 1.82) is 0 Å². The van der Waals surface area contributed by atoms with Crippen LogP contribution < -0.4 is 5.73 Å². The molecule has 0 saturated heterocycles. The smallest absolute Gasteiger partial charge is 0.185 e. The molecule has 20 heavy (non-hydrogen) atoms. The Kier molecular flexibility index (Phi) is 5.62. The molecule has 0 aliphatic rings. The van der Waals surface area contributed by atoms with Crippen molar-refractivity contribution in [3.63, 3.8) is 0 Å². The van der Waals surface area contributed by atoms with Gasteiger partial charge in [-0.25, -0.2) is 0 Å². The number of benzene rings is 1. The maximum atomic E-state index is 10.9. The molecule has 0 aliphatic carbocycles. The molecule has 1 rings (SSSR count). The number of carbonyl (C=O) groups is 1. The lowest BCUT2D eigenvalue weighted by Crippen LogP contribution is -2.23. The lowest BCUT2D eigenvalue weighted by Gasteiger charge is -2.24. The molecule has 112 valence electrons. The highest BCUT2D eigenvalue weighted by Crippen LogP contribution is 2.30. The predicted octanol–water partition coefficient (Wildman–Crippen LogP) is 2.24. The molecule has 0 heterocycles. The standard InChI is InChI=1S/C15H23NO3S/c1-9(17)20-8-13(18)14(19)11-7-10(15(2,3)4)5-6-12(11)16/h5-7,13-14,18-19H,8,16H2,1-4H3. The van der Waals surface area contributed by atoms with E-state index < -0.39 is 12.2 Å². The minimum atomic E-state index is -1.09. The number of anilines is 1. The number of carbonyl (C=O) groups excluding carboxylic acids is 1. The second-order valence-corrected chi connectivity index (χ2v) is 7.11. The summed E-state index contributed by atoms with van der Waals surface area (Å²) in [5, 5.41) is 20.1. The zero-order valence-electron chi connectivity index (χ0n) is 12.4. The molecule has 4 N–H and O–H groups in total. The Morgan fingerprint density at radius 3 is 2.45 bits per heavy atom. The van der Waals surface area contributed by atoms with Crippen LogP contribution in [0.5, 0.6) is 0 Å². The fourth-order valence-corrected chi connectivity index (χ4v) is 2.39. The van der Waals surface area contributed by atoms with Gasteiger partial charge in [0.25, 0.3) is 0 Å². The fraction of sp³-hybridized carbons (Fsp3) is 0.533. The van der Waals surface area contributed by atoms with Gasteiger partial charge in [0.05, 0.1) is 6.10 Å². The SMILES string of the molecule is CC(=O)SCC(O)C(O)c1cc(C(C)(C)C)ccc1N. The van der Waals surface area contributed by atoms with Crippen molar-refractivity contribution < 1.29 is 15.0 Å². The molecular weight excluding hydrogens is 274 g/mol. The van der Waals surface area contributed by atoms with E-state index in [-0.39, 0.29) is 16.3 Å². The molecule has 0 aliphatic heterocycles. The first kappa shape index (κ1) is 17.0. The number of thioether (sulfide) groups is 1. The monoisotopic (exact) mass is 297 g/mol. The Morgan fingerprint density at radius 2 is 1.95 bits per heavy atom. The lowest BCUT2D eigenvalue weighted by molar-refractivity contribution is -0.109. The van der Waals surface area contributed by atoms with E-state index in [9.17, 15) is 15.0 Å². The van der Waals surface area contributed by atoms with Gasteiger partial charge < -0.3 is 15.9 Å². The molecule has 0 aromatic heterocycles. The summed E-state index contributed by atoms with van der Waals surface area (Å²) in [6.45, 7) is 7.63. The molecule has 0 amide bonds. The van der Waals surface area contributed by atoms with Crippen molar-refractivity contribution in [3.05, 3.63) is 29.3 Å². The first-order valence-corrected chi connectivity index (χ1v) is 7.51. The first-order valence-electron chi connectivity index (χ1n) is 6.52. The van der Waals surface area contributed by atoms with Crippen LogP contribution in [0.4, 0.5) is 5.69 Å². The number of hydrogen-bond acceptors (Lipinski definition) is 5. The molecule has 4 nitrogen and oxygen atoms in total. The van der Waals surface area contributed by atoms with E-state index in [1.165, 1.54) is 6.92 Å². The van der Waals surface area contributed by atoms with Crippen molar-refractivity contribution in [1.82, 2.24) is 0 Å². The number of hydrogen-bond donors (Lipinski definition) is 3. The highest BCUT2D eigenvalue weighted by molar-refractivity contribution is 8.13. The van der Waals surface area contributed by atoms with Gasteiger partial charge in [-0.05, 0) is 17.0 Å². The summed E-state index contributed by atoms with van der Waals surface area (Å²) in [4.78, 5) is 10.9. The van der Waals surface area contributed by atoms with E-state index in [2.05, 4.69) is 20.8 Å². The summed E-state index contributed by atoms with van der Waals surface area (Å²) in [5.74, 6) is 0.148. The molecule has 1 aromatic carbocycles. The number of aliphatic hydroxyl groups excluding tert-OH is 2. The summed E-state index contributed by atoms with van der Waals surface area (Å²) in [5.41, 5.74) is 7.80. The Morgan fingerprint density at radius 1 is 1.35 bits per heavy atom. The van der Waals surface area contributed by atoms with E-state index >= 15 is 0 Å². The maximum absolute atomic E-state index is 10.9. The number of rotatable bonds is 4. The van der Waals surface area contributed by atoms with E-state index in [1.807, 2.05) is 12.1 Å². The van der Waals surface area contributed by atoms with Gasteiger partial charge in [-0.15, -0.1) is 0 Å². The van der Waals surface area contributed by atoms with Gasteiger partial charge in [0.15, 0.2) is 5.12 Å². The minimum Gasteiger partial charge on any atom is -0.398 e. The molecule has 0 radical (unpaired) electrons. The summed E-state index contributed by atoms with van der Waals surface area (Å²) >= 11 is 0.988. The van der Waals surface area contributed by atoms with E-state index in [0.29, 0.717) is 11.3 Å². The molecule has 0 bridgehead atoms. The molecule has 0 saturated carbocycles. The third-order valence-corrected chi connectivity index (χ3v) is 4.01. The van der Waals surface area contributed by atoms with E-state index in [4.69, 9.17) is 5.73 Å². The summed E-state index contributed by atoms with van der Waals surface area (Å²) < 4.78 is 0. The zero-order chi connectivity index (χ0) is 15.5. The maximum Gasteiger partial charge on any atom is 0.185 e. The molecule has 2 atom stereocenters. The molecule has 1 aromatic rings. The van der Waals surface area contributed by atoms with Crippen molar-refractivity contribution in [2.24, 2.45) is 0 Å². The third-order valence-electron chi connectivity index (χ3n) is 3.09. The van der Waals surface area contributed by atoms with Crippen LogP contribution in [0.3, 0.4) is 0 Å². The second kappa shape index (κ2) is 6.61. The van der Waals surface area contributed by atoms with E-state index in [0.717, 1.165) is 17.3 Å². The van der Waals surface area contributed by atoms with Gasteiger partial charge in [-0.1, -0.05) is 44.7 Å². The quantitative estimate of drug-likeness (QED) is 0.742. The molecule has 2 unspecified atom stereocenters. The van der Waals surface area contributed by atoms with Crippen molar-refractivity contribution in [2.45, 2.75) is 45.3 Å². The topological polar surface area (TPSA) is 83.5 Å². The average molecular weight is 297 g/mol. The number of aliphatic hydroxyl groups is 2. The van der Waals surface area contributed by atoms with Gasteiger partial charge in [0, 0.05) is 23.9 Å². The Balaban J connectivity index is 2.97. The lowest BCUT2D eigenvalue weighted by atomic mass is 9.85. The van der Waals surface area contributed by atoms with Gasteiger partial charge in [-0.2, -0.15) is 0 Å². The van der Waals surface area contributed by atoms with Crippen LogP contribution >= 0.6 is 11.8 Å². The fourth-order valence-electron chi connectivity index (χ4n) is 1.80. The number of nitrogen functional groups attached to an aromatic ring is 1. The molecule has 0 spiro atoms. The van der Waals surface area contributed by atoms with Crippen molar-refractivity contribution in [3.8, 4) is 0 Å². The normalized spacial score (nSPS) is 14.9. The Labute approximate surface area is 124 Å².